The highest BCUT2D eigenvalue weighted by atomic mass is 16.5. The van der Waals surface area contributed by atoms with Gasteiger partial charge < -0.3 is 15.4 Å². The third-order valence-corrected chi connectivity index (χ3v) is 3.39. The Balaban J connectivity index is 1.87. The summed E-state index contributed by atoms with van der Waals surface area (Å²) in [5, 5.41) is 5.52. The lowest BCUT2D eigenvalue weighted by Gasteiger charge is -2.07. The van der Waals surface area contributed by atoms with E-state index in [1.807, 2.05) is 30.3 Å². The molecule has 0 aliphatic carbocycles. The molecule has 1 aromatic carbocycles. The van der Waals surface area contributed by atoms with Crippen molar-refractivity contribution in [1.29, 1.82) is 0 Å². The summed E-state index contributed by atoms with van der Waals surface area (Å²) in [6.07, 6.45) is 2.21. The summed E-state index contributed by atoms with van der Waals surface area (Å²) >= 11 is 0. The first kappa shape index (κ1) is 17.6. The minimum absolute atomic E-state index is 0.210. The Bertz CT molecular complexity index is 674. The summed E-state index contributed by atoms with van der Waals surface area (Å²) in [6, 6.07) is 13.0. The van der Waals surface area contributed by atoms with Gasteiger partial charge in [0.1, 0.15) is 5.69 Å². The van der Waals surface area contributed by atoms with Gasteiger partial charge in [0.15, 0.2) is 0 Å². The second-order valence-corrected chi connectivity index (χ2v) is 5.17. The van der Waals surface area contributed by atoms with Crippen molar-refractivity contribution in [2.75, 3.05) is 26.8 Å². The van der Waals surface area contributed by atoms with Crippen molar-refractivity contribution in [2.45, 2.75) is 6.42 Å². The van der Waals surface area contributed by atoms with E-state index in [9.17, 15) is 9.59 Å². The summed E-state index contributed by atoms with van der Waals surface area (Å²) in [6.45, 7) is 1.34. The fraction of sp³-hybridized carbons (Fsp3) is 0.278. The quantitative estimate of drug-likeness (QED) is 0.719. The molecule has 2 aromatic rings. The van der Waals surface area contributed by atoms with Crippen molar-refractivity contribution in [1.82, 2.24) is 15.6 Å². The first-order valence-electron chi connectivity index (χ1n) is 7.76. The van der Waals surface area contributed by atoms with Gasteiger partial charge >= 0.3 is 0 Å². The van der Waals surface area contributed by atoms with Crippen molar-refractivity contribution >= 4 is 11.8 Å². The number of hydrogen-bond acceptors (Lipinski definition) is 4. The average molecular weight is 327 g/mol. The first-order chi connectivity index (χ1) is 11.7. The molecular weight excluding hydrogens is 306 g/mol. The number of benzene rings is 1. The number of rotatable bonds is 8. The van der Waals surface area contributed by atoms with Crippen molar-refractivity contribution in [3.05, 3.63) is 65.5 Å². The average Bonchev–Trinajstić information content (AvgIpc) is 2.63. The van der Waals surface area contributed by atoms with Crippen LogP contribution in [0.2, 0.25) is 0 Å². The standard InChI is InChI=1S/C18H21N3O3/c1-24-12-11-21-18(23)16-13-15(8-10-19-16)17(22)20-9-7-14-5-3-2-4-6-14/h2-6,8,10,13H,7,9,11-12H2,1H3,(H,20,22)(H,21,23). The Hall–Kier alpha value is -2.73. The van der Waals surface area contributed by atoms with Crippen LogP contribution < -0.4 is 10.6 Å². The fourth-order valence-electron chi connectivity index (χ4n) is 2.12. The van der Waals surface area contributed by atoms with Crippen LogP contribution in [0, 0.1) is 0 Å². The van der Waals surface area contributed by atoms with E-state index in [-0.39, 0.29) is 17.5 Å². The Labute approximate surface area is 141 Å². The van der Waals surface area contributed by atoms with Gasteiger partial charge in [-0.25, -0.2) is 0 Å². The van der Waals surface area contributed by atoms with E-state index in [2.05, 4.69) is 15.6 Å². The van der Waals surface area contributed by atoms with Crippen molar-refractivity contribution in [3.63, 3.8) is 0 Å². The molecule has 0 saturated heterocycles. The molecule has 2 amide bonds. The highest BCUT2D eigenvalue weighted by Gasteiger charge is 2.11. The molecular formula is C18H21N3O3. The molecule has 0 fully saturated rings. The number of methoxy groups -OCH3 is 1. The Morgan fingerprint density at radius 3 is 2.54 bits per heavy atom. The fourth-order valence-corrected chi connectivity index (χ4v) is 2.12. The van der Waals surface area contributed by atoms with Gasteiger partial charge in [0.2, 0.25) is 0 Å². The van der Waals surface area contributed by atoms with Crippen LogP contribution in [0.3, 0.4) is 0 Å². The molecule has 0 aliphatic heterocycles. The number of nitrogens with one attached hydrogen (secondary N) is 2. The lowest BCUT2D eigenvalue weighted by molar-refractivity contribution is 0.0932. The predicted molar refractivity (Wildman–Crippen MR) is 90.9 cm³/mol. The van der Waals surface area contributed by atoms with Gasteiger partial charge in [-0.3, -0.25) is 14.6 Å². The van der Waals surface area contributed by atoms with Crippen LogP contribution in [0.1, 0.15) is 26.4 Å². The lowest BCUT2D eigenvalue weighted by Crippen LogP contribution is -2.29. The molecule has 6 heteroatoms. The predicted octanol–water partition coefficient (Wildman–Crippen LogP) is 1.43. The van der Waals surface area contributed by atoms with E-state index in [1.54, 1.807) is 13.2 Å². The van der Waals surface area contributed by atoms with Gasteiger partial charge in [-0.1, -0.05) is 30.3 Å². The number of amides is 2. The number of aromatic nitrogens is 1. The molecule has 1 aromatic heterocycles. The van der Waals surface area contributed by atoms with Gasteiger partial charge in [-0.2, -0.15) is 0 Å². The van der Waals surface area contributed by atoms with Crippen molar-refractivity contribution in [2.24, 2.45) is 0 Å². The van der Waals surface area contributed by atoms with E-state index in [0.29, 0.717) is 25.3 Å². The number of carbonyl (C=O) groups is 2. The normalized spacial score (nSPS) is 10.2. The Morgan fingerprint density at radius 1 is 1.04 bits per heavy atom. The number of carbonyl (C=O) groups excluding carboxylic acids is 2. The molecule has 0 spiro atoms. The number of nitrogens with zero attached hydrogens (tertiary/aromatic N) is 1. The topological polar surface area (TPSA) is 80.3 Å². The summed E-state index contributed by atoms with van der Waals surface area (Å²) in [5.41, 5.74) is 1.78. The van der Waals surface area contributed by atoms with Crippen LogP contribution in [0.4, 0.5) is 0 Å². The minimum Gasteiger partial charge on any atom is -0.383 e. The largest absolute Gasteiger partial charge is 0.383 e. The van der Waals surface area contributed by atoms with E-state index in [0.717, 1.165) is 12.0 Å². The molecule has 24 heavy (non-hydrogen) atoms. The van der Waals surface area contributed by atoms with E-state index in [1.165, 1.54) is 12.3 Å². The second-order valence-electron chi connectivity index (χ2n) is 5.17. The number of hydrogen-bond donors (Lipinski definition) is 2. The van der Waals surface area contributed by atoms with E-state index >= 15 is 0 Å². The molecule has 6 nitrogen and oxygen atoms in total. The lowest BCUT2D eigenvalue weighted by atomic mass is 10.1. The molecule has 0 atom stereocenters. The Kier molecular flexibility index (Phi) is 6.91. The molecule has 0 aliphatic rings. The highest BCUT2D eigenvalue weighted by Crippen LogP contribution is 2.03. The summed E-state index contributed by atoms with van der Waals surface area (Å²) < 4.78 is 4.87. The number of ether oxygens (including phenoxy) is 1. The van der Waals surface area contributed by atoms with E-state index < -0.39 is 0 Å². The van der Waals surface area contributed by atoms with Gasteiger partial charge in [-0.05, 0) is 24.1 Å². The maximum Gasteiger partial charge on any atom is 0.269 e. The molecule has 2 rings (SSSR count). The molecule has 0 unspecified atom stereocenters. The van der Waals surface area contributed by atoms with Gasteiger partial charge in [0.05, 0.1) is 6.61 Å². The maximum atomic E-state index is 12.2. The Morgan fingerprint density at radius 2 is 1.79 bits per heavy atom. The molecule has 1 heterocycles. The van der Waals surface area contributed by atoms with Crippen LogP contribution in [0.15, 0.2) is 48.7 Å². The minimum atomic E-state index is -0.328. The van der Waals surface area contributed by atoms with Crippen LogP contribution in [0.25, 0.3) is 0 Å². The molecule has 0 bridgehead atoms. The SMILES string of the molecule is COCCNC(=O)c1cc(C(=O)NCCc2ccccc2)ccn1. The third-order valence-electron chi connectivity index (χ3n) is 3.39. The number of pyridine rings is 1. The zero-order valence-electron chi connectivity index (χ0n) is 13.6. The van der Waals surface area contributed by atoms with Gasteiger partial charge in [0, 0.05) is 32.0 Å². The first-order valence-corrected chi connectivity index (χ1v) is 7.76. The third kappa shape index (κ3) is 5.48. The maximum absolute atomic E-state index is 12.2. The second kappa shape index (κ2) is 9.42. The zero-order valence-corrected chi connectivity index (χ0v) is 13.6. The zero-order chi connectivity index (χ0) is 17.2. The van der Waals surface area contributed by atoms with Crippen LogP contribution in [-0.2, 0) is 11.2 Å². The summed E-state index contributed by atoms with van der Waals surface area (Å²) in [4.78, 5) is 28.1. The van der Waals surface area contributed by atoms with Crippen LogP contribution >= 0.6 is 0 Å². The van der Waals surface area contributed by atoms with Crippen molar-refractivity contribution < 1.29 is 14.3 Å². The smallest absolute Gasteiger partial charge is 0.269 e. The summed E-state index contributed by atoms with van der Waals surface area (Å²) in [7, 11) is 1.56. The van der Waals surface area contributed by atoms with Gasteiger partial charge in [0.25, 0.3) is 11.8 Å². The van der Waals surface area contributed by atoms with Crippen LogP contribution in [0.5, 0.6) is 0 Å². The summed E-state index contributed by atoms with van der Waals surface area (Å²) in [5.74, 6) is -0.551. The van der Waals surface area contributed by atoms with Gasteiger partial charge in [-0.15, -0.1) is 0 Å². The van der Waals surface area contributed by atoms with Crippen LogP contribution in [-0.4, -0.2) is 43.6 Å². The highest BCUT2D eigenvalue weighted by molar-refractivity contribution is 5.98. The van der Waals surface area contributed by atoms with E-state index in [4.69, 9.17) is 4.74 Å². The molecule has 0 radical (unpaired) electrons. The van der Waals surface area contributed by atoms with Crippen molar-refractivity contribution in [3.8, 4) is 0 Å². The molecule has 0 saturated carbocycles. The molecule has 126 valence electrons. The molecule has 2 N–H and O–H groups in total. The monoisotopic (exact) mass is 327 g/mol.